The Kier molecular flexibility index (Phi) is 4.25. The Bertz CT molecular complexity index is 1390. The van der Waals surface area contributed by atoms with E-state index < -0.39 is 5.82 Å². The van der Waals surface area contributed by atoms with Gasteiger partial charge in [0.15, 0.2) is 0 Å². The van der Waals surface area contributed by atoms with E-state index in [1.807, 2.05) is 12.1 Å². The lowest BCUT2D eigenvalue weighted by Crippen LogP contribution is -1.91. The summed E-state index contributed by atoms with van der Waals surface area (Å²) in [5.74, 6) is -0.0913. The Labute approximate surface area is 186 Å². The van der Waals surface area contributed by atoms with E-state index in [9.17, 15) is 9.65 Å². The highest BCUT2D eigenvalue weighted by molar-refractivity contribution is 14.1. The van der Waals surface area contributed by atoms with Gasteiger partial charge in [0.05, 0.1) is 28.2 Å². The lowest BCUT2D eigenvalue weighted by molar-refractivity contribution is 0.630. The highest BCUT2D eigenvalue weighted by Crippen LogP contribution is 2.37. The number of H-pyrrole nitrogens is 1. The molecule has 0 amide bonds. The second kappa shape index (κ2) is 6.67. The van der Waals surface area contributed by atoms with Crippen molar-refractivity contribution in [2.45, 2.75) is 0 Å². The van der Waals surface area contributed by atoms with Crippen LogP contribution in [0.25, 0.3) is 44.0 Å². The second-order valence-corrected chi connectivity index (χ2v) is 8.95. The molecular formula is C22H10FI2N3. The van der Waals surface area contributed by atoms with E-state index in [-0.39, 0.29) is 11.1 Å². The van der Waals surface area contributed by atoms with Crippen LogP contribution >= 0.6 is 45.2 Å². The number of aromatic amines is 1. The number of nitriles is 1. The summed E-state index contributed by atoms with van der Waals surface area (Å²) in [5.41, 5.74) is 2.10. The summed E-state index contributed by atoms with van der Waals surface area (Å²) >= 11 is 4.61. The molecular weight excluding hydrogens is 579 g/mol. The van der Waals surface area contributed by atoms with Crippen LogP contribution < -0.4 is 0 Å². The number of imidazole rings is 1. The molecule has 1 aromatic heterocycles. The predicted molar refractivity (Wildman–Crippen MR) is 127 cm³/mol. The third-order valence-corrected chi connectivity index (χ3v) is 6.19. The summed E-state index contributed by atoms with van der Waals surface area (Å²) in [6, 6.07) is 19.1. The summed E-state index contributed by atoms with van der Waals surface area (Å²) in [7, 11) is 0. The number of hydrogen-bond donors (Lipinski definition) is 1. The zero-order chi connectivity index (χ0) is 19.4. The third kappa shape index (κ3) is 2.68. The van der Waals surface area contributed by atoms with Gasteiger partial charge in [0.1, 0.15) is 11.6 Å². The highest BCUT2D eigenvalue weighted by atomic mass is 127. The van der Waals surface area contributed by atoms with Crippen LogP contribution in [0.3, 0.4) is 0 Å². The smallest absolute Gasteiger partial charge is 0.142 e. The van der Waals surface area contributed by atoms with Crippen molar-refractivity contribution in [2.24, 2.45) is 0 Å². The fourth-order valence-corrected chi connectivity index (χ4v) is 4.62. The summed E-state index contributed by atoms with van der Waals surface area (Å²) < 4.78 is 16.9. The second-order valence-electron chi connectivity index (χ2n) is 6.46. The minimum Gasteiger partial charge on any atom is -0.337 e. The maximum atomic E-state index is 14.6. The molecule has 0 unspecified atom stereocenters. The number of hydrogen-bond acceptors (Lipinski definition) is 2. The Morgan fingerprint density at radius 2 is 1.57 bits per heavy atom. The van der Waals surface area contributed by atoms with Gasteiger partial charge in [-0.05, 0) is 92.4 Å². The number of rotatable bonds is 1. The molecule has 0 aliphatic heterocycles. The van der Waals surface area contributed by atoms with E-state index in [4.69, 9.17) is 4.98 Å². The van der Waals surface area contributed by atoms with Crippen LogP contribution in [0, 0.1) is 24.3 Å². The molecule has 0 saturated carbocycles. The lowest BCUT2D eigenvalue weighted by atomic mass is 10.0. The molecule has 0 aliphatic carbocycles. The van der Waals surface area contributed by atoms with Crippen molar-refractivity contribution in [2.75, 3.05) is 0 Å². The Hall–Kier alpha value is -2.25. The fraction of sp³-hybridized carbons (Fsp3) is 0. The van der Waals surface area contributed by atoms with Crippen molar-refractivity contribution in [3.63, 3.8) is 0 Å². The first-order valence-corrected chi connectivity index (χ1v) is 10.6. The van der Waals surface area contributed by atoms with Crippen LogP contribution in [-0.2, 0) is 0 Å². The van der Waals surface area contributed by atoms with Crippen molar-refractivity contribution < 1.29 is 4.39 Å². The van der Waals surface area contributed by atoms with Crippen LogP contribution in [0.5, 0.6) is 0 Å². The molecule has 1 heterocycles. The molecule has 5 rings (SSSR count). The average molecular weight is 589 g/mol. The Balaban J connectivity index is 1.98. The quantitative estimate of drug-likeness (QED) is 0.174. The molecule has 0 bridgehead atoms. The van der Waals surface area contributed by atoms with Gasteiger partial charge in [0.2, 0.25) is 0 Å². The molecule has 0 spiro atoms. The van der Waals surface area contributed by atoms with Crippen LogP contribution in [0.2, 0.25) is 0 Å². The summed E-state index contributed by atoms with van der Waals surface area (Å²) in [6.07, 6.45) is 0. The van der Waals surface area contributed by atoms with Gasteiger partial charge in [-0.3, -0.25) is 0 Å². The van der Waals surface area contributed by atoms with Crippen molar-refractivity contribution in [1.82, 2.24) is 9.97 Å². The fourth-order valence-electron chi connectivity index (χ4n) is 3.64. The number of halogens is 3. The van der Waals surface area contributed by atoms with Gasteiger partial charge in [-0.25, -0.2) is 9.37 Å². The SMILES string of the molecule is N#Cc1cccc(F)c1-c1nc2c3ccc(I)cc3c3cc(I)ccc3c2[nH]1. The van der Waals surface area contributed by atoms with Crippen LogP contribution in [0.1, 0.15) is 5.56 Å². The van der Waals surface area contributed by atoms with Crippen LogP contribution in [0.15, 0.2) is 54.6 Å². The first kappa shape index (κ1) is 17.8. The summed E-state index contributed by atoms with van der Waals surface area (Å²) in [5, 5.41) is 13.7. The largest absolute Gasteiger partial charge is 0.337 e. The zero-order valence-electron chi connectivity index (χ0n) is 14.2. The van der Waals surface area contributed by atoms with Gasteiger partial charge >= 0.3 is 0 Å². The number of nitrogens with zero attached hydrogens (tertiary/aromatic N) is 2. The van der Waals surface area contributed by atoms with Crippen molar-refractivity contribution in [3.05, 3.63) is 73.1 Å². The van der Waals surface area contributed by atoms with E-state index in [1.54, 1.807) is 6.07 Å². The van der Waals surface area contributed by atoms with E-state index in [0.29, 0.717) is 5.82 Å². The average Bonchev–Trinajstić information content (AvgIpc) is 3.12. The van der Waals surface area contributed by atoms with Gasteiger partial charge in [0, 0.05) is 17.9 Å². The van der Waals surface area contributed by atoms with Crippen molar-refractivity contribution >= 4 is 77.8 Å². The van der Waals surface area contributed by atoms with Gasteiger partial charge < -0.3 is 4.98 Å². The number of fused-ring (bicyclic) bond motifs is 6. The third-order valence-electron chi connectivity index (χ3n) is 4.85. The van der Waals surface area contributed by atoms with E-state index in [1.165, 1.54) is 12.1 Å². The Morgan fingerprint density at radius 1 is 0.893 bits per heavy atom. The minimum atomic E-state index is -0.462. The minimum absolute atomic E-state index is 0.207. The lowest BCUT2D eigenvalue weighted by Gasteiger charge is -2.07. The summed E-state index contributed by atoms with van der Waals surface area (Å²) in [4.78, 5) is 8.02. The normalized spacial score (nSPS) is 11.4. The molecule has 1 N–H and O–H groups in total. The maximum absolute atomic E-state index is 14.6. The maximum Gasteiger partial charge on any atom is 0.142 e. The first-order chi connectivity index (χ1) is 13.6. The molecule has 3 nitrogen and oxygen atoms in total. The number of benzene rings is 4. The molecule has 0 atom stereocenters. The van der Waals surface area contributed by atoms with Gasteiger partial charge in [-0.1, -0.05) is 18.2 Å². The molecule has 6 heteroatoms. The van der Waals surface area contributed by atoms with Crippen molar-refractivity contribution in [3.8, 4) is 17.5 Å². The standard InChI is InChI=1S/C22H10FI2N3/c23-18-3-1-2-11(10-26)19(18)22-27-20-14-6-4-12(24)8-16(14)17-9-13(25)5-7-15(17)21(20)28-22/h1-9H,(H,27,28). The van der Waals surface area contributed by atoms with Crippen molar-refractivity contribution in [1.29, 1.82) is 5.26 Å². The topological polar surface area (TPSA) is 52.5 Å². The molecule has 4 aromatic carbocycles. The van der Waals surface area contributed by atoms with E-state index >= 15 is 0 Å². The molecule has 28 heavy (non-hydrogen) atoms. The van der Waals surface area contributed by atoms with E-state index in [2.05, 4.69) is 80.5 Å². The molecule has 0 saturated heterocycles. The van der Waals surface area contributed by atoms with Gasteiger partial charge in [0.25, 0.3) is 0 Å². The van der Waals surface area contributed by atoms with Crippen LogP contribution in [-0.4, -0.2) is 9.97 Å². The summed E-state index contributed by atoms with van der Waals surface area (Å²) in [6.45, 7) is 0. The molecule has 0 radical (unpaired) electrons. The highest BCUT2D eigenvalue weighted by Gasteiger charge is 2.18. The molecule has 0 aliphatic rings. The molecule has 134 valence electrons. The van der Waals surface area contributed by atoms with E-state index in [0.717, 1.165) is 39.7 Å². The number of aromatic nitrogens is 2. The monoisotopic (exact) mass is 589 g/mol. The predicted octanol–water partition coefficient (Wildman–Crippen LogP) is 6.76. The van der Waals surface area contributed by atoms with Gasteiger partial charge in [-0.2, -0.15) is 5.26 Å². The van der Waals surface area contributed by atoms with Crippen LogP contribution in [0.4, 0.5) is 4.39 Å². The zero-order valence-corrected chi connectivity index (χ0v) is 18.5. The number of nitrogens with one attached hydrogen (secondary N) is 1. The Morgan fingerprint density at radius 3 is 2.29 bits per heavy atom. The molecule has 5 aromatic rings. The van der Waals surface area contributed by atoms with Gasteiger partial charge in [-0.15, -0.1) is 0 Å². The molecule has 0 fully saturated rings. The first-order valence-electron chi connectivity index (χ1n) is 8.46.